The third-order valence-electron chi connectivity index (χ3n) is 4.82. The highest BCUT2D eigenvalue weighted by molar-refractivity contribution is 5.57. The molecule has 0 radical (unpaired) electrons. The summed E-state index contributed by atoms with van der Waals surface area (Å²) in [6, 6.07) is 9.37. The smallest absolute Gasteiger partial charge is 0.203 e. The van der Waals surface area contributed by atoms with Gasteiger partial charge in [0.15, 0.2) is 5.82 Å². The van der Waals surface area contributed by atoms with Crippen LogP contribution in [-0.2, 0) is 18.2 Å². The molecule has 164 valence electrons. The summed E-state index contributed by atoms with van der Waals surface area (Å²) in [4.78, 5) is 21.3. The van der Waals surface area contributed by atoms with Gasteiger partial charge in [0, 0.05) is 44.4 Å². The van der Waals surface area contributed by atoms with Crippen LogP contribution in [0.5, 0.6) is 0 Å². The van der Waals surface area contributed by atoms with Gasteiger partial charge >= 0.3 is 0 Å². The van der Waals surface area contributed by atoms with E-state index in [4.69, 9.17) is 4.74 Å². The second-order valence-corrected chi connectivity index (χ2v) is 7.24. The molecule has 0 saturated heterocycles. The maximum Gasteiger partial charge on any atom is 0.203 e. The minimum atomic E-state index is -0.103. The normalized spacial score (nSPS) is 10.9. The van der Waals surface area contributed by atoms with Gasteiger partial charge in [0.2, 0.25) is 5.43 Å². The Bertz CT molecular complexity index is 1230. The van der Waals surface area contributed by atoms with Crippen LogP contribution >= 0.6 is 0 Å². The molecule has 0 spiro atoms. The fourth-order valence-electron chi connectivity index (χ4n) is 3.23. The molecule has 0 fully saturated rings. The lowest BCUT2D eigenvalue weighted by Gasteiger charge is -2.08. The van der Waals surface area contributed by atoms with Crippen LogP contribution in [0.3, 0.4) is 0 Å². The van der Waals surface area contributed by atoms with Crippen LogP contribution in [0.25, 0.3) is 17.1 Å². The Morgan fingerprint density at radius 2 is 1.97 bits per heavy atom. The number of benzene rings is 1. The number of hydrogen-bond donors (Lipinski definition) is 1. The second-order valence-electron chi connectivity index (χ2n) is 7.24. The van der Waals surface area contributed by atoms with Crippen molar-refractivity contribution in [2.24, 2.45) is 7.05 Å². The number of rotatable bonds is 9. The SMILES string of the molecule is CCOCCNc1cnc(-c2cccc(Cc3nn(-c4cnn(C)c4)ccc3=O)c2)nc1. The van der Waals surface area contributed by atoms with E-state index in [0.717, 1.165) is 22.5 Å². The number of hydrogen-bond acceptors (Lipinski definition) is 7. The number of anilines is 1. The number of aryl methyl sites for hydroxylation is 1. The van der Waals surface area contributed by atoms with E-state index in [0.29, 0.717) is 37.7 Å². The first kappa shape index (κ1) is 21.4. The zero-order valence-electron chi connectivity index (χ0n) is 18.1. The lowest BCUT2D eigenvalue weighted by molar-refractivity contribution is 0.158. The van der Waals surface area contributed by atoms with Crippen LogP contribution in [-0.4, -0.2) is 49.3 Å². The lowest BCUT2D eigenvalue weighted by atomic mass is 10.1. The van der Waals surface area contributed by atoms with Crippen LogP contribution < -0.4 is 10.7 Å². The molecule has 0 amide bonds. The molecule has 1 N–H and O–H groups in total. The predicted molar refractivity (Wildman–Crippen MR) is 122 cm³/mol. The van der Waals surface area contributed by atoms with E-state index in [-0.39, 0.29) is 5.43 Å². The van der Waals surface area contributed by atoms with Gasteiger partial charge in [-0.05, 0) is 18.6 Å². The standard InChI is InChI=1S/C23H25N7O2/c1-3-32-10-8-24-19-13-25-23(26-14-19)18-6-4-5-17(11-18)12-21-22(31)7-9-30(28-21)20-15-27-29(2)16-20/h4-7,9,11,13-16,24H,3,8,10,12H2,1-2H3. The Morgan fingerprint density at radius 3 is 2.72 bits per heavy atom. The van der Waals surface area contributed by atoms with E-state index >= 15 is 0 Å². The average Bonchev–Trinajstić information content (AvgIpc) is 3.25. The van der Waals surface area contributed by atoms with Crippen LogP contribution in [0.1, 0.15) is 18.2 Å². The van der Waals surface area contributed by atoms with E-state index in [9.17, 15) is 4.79 Å². The molecule has 9 nitrogen and oxygen atoms in total. The van der Waals surface area contributed by atoms with Gasteiger partial charge < -0.3 is 10.1 Å². The quantitative estimate of drug-likeness (QED) is 0.406. The fourth-order valence-corrected chi connectivity index (χ4v) is 3.23. The van der Waals surface area contributed by atoms with E-state index < -0.39 is 0 Å². The summed E-state index contributed by atoms with van der Waals surface area (Å²) in [5, 5.41) is 11.9. The molecule has 0 aliphatic heterocycles. The van der Waals surface area contributed by atoms with E-state index in [1.807, 2.05) is 44.4 Å². The maximum absolute atomic E-state index is 12.4. The minimum Gasteiger partial charge on any atom is -0.380 e. The van der Waals surface area contributed by atoms with Crippen LogP contribution in [0, 0.1) is 0 Å². The summed E-state index contributed by atoms with van der Waals surface area (Å²) in [6.07, 6.45) is 9.11. The Hall–Kier alpha value is -3.85. The topological polar surface area (TPSA) is 99.7 Å². The molecule has 0 atom stereocenters. The van der Waals surface area contributed by atoms with E-state index in [2.05, 4.69) is 25.5 Å². The third kappa shape index (κ3) is 5.25. The van der Waals surface area contributed by atoms with Gasteiger partial charge in [0.25, 0.3) is 0 Å². The summed E-state index contributed by atoms with van der Waals surface area (Å²) in [5.41, 5.74) is 3.84. The van der Waals surface area contributed by atoms with Crippen molar-refractivity contribution >= 4 is 5.69 Å². The second kappa shape index (κ2) is 9.97. The molecular formula is C23H25N7O2. The minimum absolute atomic E-state index is 0.103. The first-order valence-corrected chi connectivity index (χ1v) is 10.4. The summed E-state index contributed by atoms with van der Waals surface area (Å²) in [5.74, 6) is 0.621. The summed E-state index contributed by atoms with van der Waals surface area (Å²) >= 11 is 0. The molecule has 3 heterocycles. The molecule has 9 heteroatoms. The Labute approximate surface area is 185 Å². The molecule has 0 aliphatic rings. The lowest BCUT2D eigenvalue weighted by Crippen LogP contribution is -2.16. The molecule has 0 saturated carbocycles. The van der Waals surface area contributed by atoms with Crippen molar-refractivity contribution in [3.05, 3.63) is 82.8 Å². The molecule has 0 bridgehead atoms. The van der Waals surface area contributed by atoms with Crippen molar-refractivity contribution in [3.8, 4) is 17.1 Å². The molecular weight excluding hydrogens is 406 g/mol. The highest BCUT2D eigenvalue weighted by Crippen LogP contribution is 2.18. The molecule has 4 aromatic rings. The Kier molecular flexibility index (Phi) is 6.66. The third-order valence-corrected chi connectivity index (χ3v) is 4.82. The van der Waals surface area contributed by atoms with Crippen molar-refractivity contribution in [3.63, 3.8) is 0 Å². The monoisotopic (exact) mass is 431 g/mol. The highest BCUT2D eigenvalue weighted by Gasteiger charge is 2.09. The molecule has 4 rings (SSSR count). The zero-order valence-corrected chi connectivity index (χ0v) is 18.1. The number of nitrogens with zero attached hydrogens (tertiary/aromatic N) is 6. The highest BCUT2D eigenvalue weighted by atomic mass is 16.5. The molecule has 0 unspecified atom stereocenters. The number of ether oxygens (including phenoxy) is 1. The van der Waals surface area contributed by atoms with Gasteiger partial charge in [0.05, 0.1) is 37.1 Å². The molecule has 1 aromatic carbocycles. The zero-order chi connectivity index (χ0) is 22.3. The summed E-state index contributed by atoms with van der Waals surface area (Å²) < 4.78 is 8.67. The van der Waals surface area contributed by atoms with Crippen molar-refractivity contribution in [1.29, 1.82) is 0 Å². The van der Waals surface area contributed by atoms with E-state index in [1.165, 1.54) is 6.07 Å². The molecule has 0 aliphatic carbocycles. The van der Waals surface area contributed by atoms with Crippen LogP contribution in [0.15, 0.2) is 66.1 Å². The largest absolute Gasteiger partial charge is 0.380 e. The van der Waals surface area contributed by atoms with Crippen molar-refractivity contribution in [2.45, 2.75) is 13.3 Å². The number of nitrogens with one attached hydrogen (secondary N) is 1. The van der Waals surface area contributed by atoms with Gasteiger partial charge in [-0.3, -0.25) is 9.48 Å². The number of aromatic nitrogens is 6. The molecule has 32 heavy (non-hydrogen) atoms. The van der Waals surface area contributed by atoms with Gasteiger partial charge in [-0.15, -0.1) is 0 Å². The van der Waals surface area contributed by atoms with E-state index in [1.54, 1.807) is 34.2 Å². The van der Waals surface area contributed by atoms with Gasteiger partial charge in [-0.25, -0.2) is 14.6 Å². The van der Waals surface area contributed by atoms with Crippen molar-refractivity contribution in [1.82, 2.24) is 29.5 Å². The Morgan fingerprint density at radius 1 is 1.12 bits per heavy atom. The van der Waals surface area contributed by atoms with Gasteiger partial charge in [-0.2, -0.15) is 10.2 Å². The van der Waals surface area contributed by atoms with Crippen LogP contribution in [0.2, 0.25) is 0 Å². The van der Waals surface area contributed by atoms with Gasteiger partial charge in [0.1, 0.15) is 11.4 Å². The summed E-state index contributed by atoms with van der Waals surface area (Å²) in [7, 11) is 1.84. The summed E-state index contributed by atoms with van der Waals surface area (Å²) in [6.45, 7) is 4.00. The van der Waals surface area contributed by atoms with Gasteiger partial charge in [-0.1, -0.05) is 18.2 Å². The first-order valence-electron chi connectivity index (χ1n) is 10.4. The maximum atomic E-state index is 12.4. The van der Waals surface area contributed by atoms with Crippen molar-refractivity contribution in [2.75, 3.05) is 25.1 Å². The fraction of sp³-hybridized carbons (Fsp3) is 0.261. The van der Waals surface area contributed by atoms with Crippen molar-refractivity contribution < 1.29 is 4.74 Å². The molecule has 3 aromatic heterocycles. The Balaban J connectivity index is 1.49. The first-order chi connectivity index (χ1) is 15.6. The van der Waals surface area contributed by atoms with Crippen LogP contribution in [0.4, 0.5) is 5.69 Å². The average molecular weight is 432 g/mol. The predicted octanol–water partition coefficient (Wildman–Crippen LogP) is 2.46.